The van der Waals surface area contributed by atoms with Crippen LogP contribution in [-0.2, 0) is 16.4 Å². The van der Waals surface area contributed by atoms with Crippen LogP contribution in [0, 0.1) is 0 Å². The molecule has 2 rings (SSSR count). The predicted octanol–water partition coefficient (Wildman–Crippen LogP) is 0.476. The van der Waals surface area contributed by atoms with Crippen LogP contribution in [0.25, 0.3) is 0 Å². The van der Waals surface area contributed by atoms with Crippen molar-refractivity contribution in [3.63, 3.8) is 0 Å². The largest absolute Gasteiger partial charge is 0.326 e. The van der Waals surface area contributed by atoms with Gasteiger partial charge in [0.05, 0.1) is 5.25 Å². The van der Waals surface area contributed by atoms with Crippen molar-refractivity contribution in [2.24, 2.45) is 5.73 Å². The summed E-state index contributed by atoms with van der Waals surface area (Å²) in [4.78, 5) is 3.91. The average Bonchev–Trinajstić information content (AvgIpc) is 3.01. The standard InChI is InChI=1S/C9H12N2O2S/c10-6-7-2-1-5-11-9(7)14(12,13)8-3-4-8/h1-2,5,8H,3-4,6,10H2. The molecule has 0 amide bonds. The monoisotopic (exact) mass is 212 g/mol. The average molecular weight is 212 g/mol. The molecule has 76 valence electrons. The Morgan fingerprint density at radius 2 is 2.21 bits per heavy atom. The van der Waals surface area contributed by atoms with Crippen molar-refractivity contribution in [1.29, 1.82) is 0 Å². The molecule has 1 saturated carbocycles. The topological polar surface area (TPSA) is 73.0 Å². The molecule has 0 unspecified atom stereocenters. The maximum absolute atomic E-state index is 11.9. The maximum Gasteiger partial charge on any atom is 0.198 e. The highest BCUT2D eigenvalue weighted by molar-refractivity contribution is 7.92. The molecular formula is C9H12N2O2S. The van der Waals surface area contributed by atoms with E-state index in [-0.39, 0.29) is 16.8 Å². The van der Waals surface area contributed by atoms with Gasteiger partial charge in [-0.3, -0.25) is 0 Å². The molecule has 0 radical (unpaired) electrons. The Balaban J connectivity index is 2.49. The second kappa shape index (κ2) is 3.33. The van der Waals surface area contributed by atoms with E-state index < -0.39 is 9.84 Å². The van der Waals surface area contributed by atoms with Crippen LogP contribution in [0.15, 0.2) is 23.4 Å². The first-order valence-electron chi connectivity index (χ1n) is 4.54. The molecular weight excluding hydrogens is 200 g/mol. The molecule has 14 heavy (non-hydrogen) atoms. The van der Waals surface area contributed by atoms with Crippen LogP contribution in [0.2, 0.25) is 0 Å². The van der Waals surface area contributed by atoms with Gasteiger partial charge in [-0.25, -0.2) is 13.4 Å². The molecule has 2 N–H and O–H groups in total. The van der Waals surface area contributed by atoms with Crippen molar-refractivity contribution >= 4 is 9.84 Å². The molecule has 1 aromatic rings. The summed E-state index contributed by atoms with van der Waals surface area (Å²) < 4.78 is 23.7. The van der Waals surface area contributed by atoms with E-state index in [0.717, 1.165) is 12.8 Å². The highest BCUT2D eigenvalue weighted by Gasteiger charge is 2.38. The van der Waals surface area contributed by atoms with E-state index in [2.05, 4.69) is 4.98 Å². The van der Waals surface area contributed by atoms with Crippen LogP contribution >= 0.6 is 0 Å². The smallest absolute Gasteiger partial charge is 0.198 e. The lowest BCUT2D eigenvalue weighted by atomic mass is 10.3. The Hall–Kier alpha value is -0.940. The molecule has 0 saturated heterocycles. The number of pyridine rings is 1. The van der Waals surface area contributed by atoms with Crippen molar-refractivity contribution in [1.82, 2.24) is 4.98 Å². The second-order valence-electron chi connectivity index (χ2n) is 3.42. The molecule has 0 atom stereocenters. The van der Waals surface area contributed by atoms with Crippen LogP contribution in [0.1, 0.15) is 18.4 Å². The molecule has 1 aliphatic carbocycles. The fourth-order valence-electron chi connectivity index (χ4n) is 1.37. The zero-order chi connectivity index (χ0) is 10.2. The van der Waals surface area contributed by atoms with Crippen molar-refractivity contribution in [2.75, 3.05) is 0 Å². The SMILES string of the molecule is NCc1cccnc1S(=O)(=O)C1CC1. The van der Waals surface area contributed by atoms with Crippen molar-refractivity contribution in [3.8, 4) is 0 Å². The molecule has 1 aromatic heterocycles. The van der Waals surface area contributed by atoms with E-state index in [1.54, 1.807) is 12.1 Å². The summed E-state index contributed by atoms with van der Waals surface area (Å²) in [5.74, 6) is 0. The van der Waals surface area contributed by atoms with Crippen LogP contribution in [0.4, 0.5) is 0 Å². The first-order chi connectivity index (χ1) is 6.66. The first kappa shape index (κ1) is 9.61. The summed E-state index contributed by atoms with van der Waals surface area (Å²) in [6, 6.07) is 3.41. The predicted molar refractivity (Wildman–Crippen MR) is 52.3 cm³/mol. The minimum Gasteiger partial charge on any atom is -0.326 e. The number of nitrogens with two attached hydrogens (primary N) is 1. The molecule has 0 aromatic carbocycles. The fraction of sp³-hybridized carbons (Fsp3) is 0.444. The molecule has 0 bridgehead atoms. The Morgan fingerprint density at radius 3 is 2.79 bits per heavy atom. The minimum atomic E-state index is -3.20. The van der Waals surface area contributed by atoms with Gasteiger partial charge in [-0.05, 0) is 18.9 Å². The molecule has 0 aliphatic heterocycles. The normalized spacial score (nSPS) is 16.9. The van der Waals surface area contributed by atoms with E-state index in [0.29, 0.717) is 5.56 Å². The molecule has 4 nitrogen and oxygen atoms in total. The van der Waals surface area contributed by atoms with E-state index in [4.69, 9.17) is 5.73 Å². The third-order valence-electron chi connectivity index (χ3n) is 2.30. The summed E-state index contributed by atoms with van der Waals surface area (Å²) in [5, 5.41) is -0.0484. The van der Waals surface area contributed by atoms with Gasteiger partial charge < -0.3 is 5.73 Å². The number of hydrogen-bond acceptors (Lipinski definition) is 4. The quantitative estimate of drug-likeness (QED) is 0.790. The van der Waals surface area contributed by atoms with Crippen molar-refractivity contribution in [2.45, 2.75) is 29.7 Å². The Kier molecular flexibility index (Phi) is 2.28. The maximum atomic E-state index is 11.9. The highest BCUT2D eigenvalue weighted by Crippen LogP contribution is 2.33. The van der Waals surface area contributed by atoms with Gasteiger partial charge >= 0.3 is 0 Å². The molecule has 1 heterocycles. The van der Waals surface area contributed by atoms with Gasteiger partial charge in [0.1, 0.15) is 0 Å². The highest BCUT2D eigenvalue weighted by atomic mass is 32.2. The minimum absolute atomic E-state index is 0.171. The molecule has 1 fully saturated rings. The summed E-state index contributed by atoms with van der Waals surface area (Å²) in [6.45, 7) is 0.217. The zero-order valence-corrected chi connectivity index (χ0v) is 8.50. The second-order valence-corrected chi connectivity index (χ2v) is 5.56. The van der Waals surface area contributed by atoms with Crippen LogP contribution in [0.5, 0.6) is 0 Å². The molecule has 1 aliphatic rings. The van der Waals surface area contributed by atoms with Crippen molar-refractivity contribution < 1.29 is 8.42 Å². The Morgan fingerprint density at radius 1 is 1.50 bits per heavy atom. The van der Waals surface area contributed by atoms with Gasteiger partial charge in [0.15, 0.2) is 14.9 Å². The van der Waals surface area contributed by atoms with Crippen LogP contribution in [-0.4, -0.2) is 18.7 Å². The fourth-order valence-corrected chi connectivity index (χ4v) is 3.17. The summed E-state index contributed by atoms with van der Waals surface area (Å²) >= 11 is 0. The zero-order valence-electron chi connectivity index (χ0n) is 7.68. The van der Waals surface area contributed by atoms with Crippen LogP contribution in [0.3, 0.4) is 0 Å². The Bertz CT molecular complexity index is 438. The number of nitrogens with zero attached hydrogens (tertiary/aromatic N) is 1. The van der Waals surface area contributed by atoms with E-state index in [1.807, 2.05) is 0 Å². The van der Waals surface area contributed by atoms with Gasteiger partial charge in [-0.15, -0.1) is 0 Å². The van der Waals surface area contributed by atoms with Gasteiger partial charge in [-0.2, -0.15) is 0 Å². The third-order valence-corrected chi connectivity index (χ3v) is 4.56. The summed E-state index contributed by atoms with van der Waals surface area (Å²) in [6.07, 6.45) is 3.00. The van der Waals surface area contributed by atoms with Crippen molar-refractivity contribution in [3.05, 3.63) is 23.9 Å². The molecule has 0 spiro atoms. The number of sulfone groups is 1. The van der Waals surface area contributed by atoms with E-state index in [1.165, 1.54) is 6.20 Å². The summed E-state index contributed by atoms with van der Waals surface area (Å²) in [5.41, 5.74) is 6.07. The van der Waals surface area contributed by atoms with Gasteiger partial charge in [-0.1, -0.05) is 6.07 Å². The summed E-state index contributed by atoms with van der Waals surface area (Å²) in [7, 11) is -3.20. The lowest BCUT2D eigenvalue weighted by Crippen LogP contribution is -2.13. The van der Waals surface area contributed by atoms with E-state index >= 15 is 0 Å². The first-order valence-corrected chi connectivity index (χ1v) is 6.08. The van der Waals surface area contributed by atoms with Gasteiger partial charge in [0.25, 0.3) is 0 Å². The van der Waals surface area contributed by atoms with Crippen LogP contribution < -0.4 is 5.73 Å². The lowest BCUT2D eigenvalue weighted by Gasteiger charge is -2.05. The number of aromatic nitrogens is 1. The van der Waals surface area contributed by atoms with Gasteiger partial charge in [0, 0.05) is 18.3 Å². The third kappa shape index (κ3) is 1.53. The Labute approximate surface area is 83.1 Å². The number of rotatable bonds is 3. The van der Waals surface area contributed by atoms with E-state index in [9.17, 15) is 8.42 Å². The molecule has 5 heteroatoms. The number of hydrogen-bond donors (Lipinski definition) is 1. The lowest BCUT2D eigenvalue weighted by molar-refractivity contribution is 0.589. The van der Waals surface area contributed by atoms with Gasteiger partial charge in [0.2, 0.25) is 0 Å².